The number of carboxylic acids is 1. The third kappa shape index (κ3) is 2.92. The first-order chi connectivity index (χ1) is 10.0. The monoisotopic (exact) mass is 307 g/mol. The molecule has 21 heavy (non-hydrogen) atoms. The number of aromatic carboxylic acids is 1. The summed E-state index contributed by atoms with van der Waals surface area (Å²) in [6, 6.07) is -0.404. The highest BCUT2D eigenvalue weighted by molar-refractivity contribution is 7.09. The largest absolute Gasteiger partial charge is 0.476 e. The van der Waals surface area contributed by atoms with E-state index in [9.17, 15) is 9.59 Å². The number of H-pyrrole nitrogens is 1. The standard InChI is InChI=1S/C12H13N5O3S/c1-5(11-14-7(4-21-11)12(19)20)13-10(18)9-15-8(16-17-9)6-2-3-6/h4-6H,2-3H2,1H3,(H,13,18)(H,19,20)(H,15,16,17). The molecule has 0 radical (unpaired) electrons. The molecule has 3 rings (SSSR count). The molecular formula is C12H13N5O3S. The van der Waals surface area contributed by atoms with Crippen LogP contribution in [0.25, 0.3) is 0 Å². The van der Waals surface area contributed by atoms with Gasteiger partial charge in [0, 0.05) is 11.3 Å². The van der Waals surface area contributed by atoms with Crippen LogP contribution >= 0.6 is 11.3 Å². The summed E-state index contributed by atoms with van der Waals surface area (Å²) < 4.78 is 0. The van der Waals surface area contributed by atoms with Gasteiger partial charge < -0.3 is 10.4 Å². The summed E-state index contributed by atoms with van der Waals surface area (Å²) >= 11 is 1.19. The van der Waals surface area contributed by atoms with Crippen LogP contribution < -0.4 is 5.32 Å². The number of carboxylic acid groups (broad SMARTS) is 1. The summed E-state index contributed by atoms with van der Waals surface area (Å²) in [5, 5.41) is 20.2. The number of amides is 1. The van der Waals surface area contributed by atoms with Gasteiger partial charge in [-0.3, -0.25) is 9.89 Å². The summed E-state index contributed by atoms with van der Waals surface area (Å²) in [4.78, 5) is 30.9. The third-order valence-corrected chi connectivity index (χ3v) is 4.16. The number of aromatic nitrogens is 4. The topological polar surface area (TPSA) is 121 Å². The molecule has 1 aliphatic carbocycles. The van der Waals surface area contributed by atoms with Crippen LogP contribution in [0.5, 0.6) is 0 Å². The number of nitrogens with one attached hydrogen (secondary N) is 2. The quantitative estimate of drug-likeness (QED) is 0.766. The fourth-order valence-electron chi connectivity index (χ4n) is 1.82. The Morgan fingerprint density at radius 2 is 2.24 bits per heavy atom. The Balaban J connectivity index is 1.66. The molecule has 110 valence electrons. The van der Waals surface area contributed by atoms with Gasteiger partial charge in [0.05, 0.1) is 6.04 Å². The summed E-state index contributed by atoms with van der Waals surface area (Å²) in [5.41, 5.74) is -0.0231. The van der Waals surface area contributed by atoms with Crippen molar-refractivity contribution in [3.05, 3.63) is 27.7 Å². The van der Waals surface area contributed by atoms with Gasteiger partial charge in [0.15, 0.2) is 5.69 Å². The lowest BCUT2D eigenvalue weighted by molar-refractivity contribution is 0.0691. The number of aromatic amines is 1. The fraction of sp³-hybridized carbons (Fsp3) is 0.417. The maximum Gasteiger partial charge on any atom is 0.355 e. The zero-order valence-corrected chi connectivity index (χ0v) is 12.0. The average molecular weight is 307 g/mol. The van der Waals surface area contributed by atoms with Gasteiger partial charge in [0.1, 0.15) is 10.8 Å². The van der Waals surface area contributed by atoms with E-state index in [1.807, 2.05) is 0 Å². The lowest BCUT2D eigenvalue weighted by atomic mass is 10.3. The summed E-state index contributed by atoms with van der Waals surface area (Å²) in [6.45, 7) is 1.73. The maximum atomic E-state index is 12.0. The normalized spacial score (nSPS) is 15.7. The summed E-state index contributed by atoms with van der Waals surface area (Å²) in [5.74, 6) is -0.251. The number of rotatable bonds is 5. The van der Waals surface area contributed by atoms with E-state index in [0.29, 0.717) is 10.9 Å². The highest BCUT2D eigenvalue weighted by Gasteiger charge is 2.28. The van der Waals surface area contributed by atoms with Crippen LogP contribution in [0.15, 0.2) is 5.38 Å². The van der Waals surface area contributed by atoms with Crippen LogP contribution in [0.4, 0.5) is 0 Å². The van der Waals surface area contributed by atoms with Crippen molar-refractivity contribution in [1.29, 1.82) is 0 Å². The molecule has 2 heterocycles. The first kappa shape index (κ1) is 13.7. The van der Waals surface area contributed by atoms with Crippen molar-refractivity contribution in [3.8, 4) is 0 Å². The molecule has 0 bridgehead atoms. The number of carbonyl (C=O) groups is 2. The Kier molecular flexibility index (Phi) is 3.42. The van der Waals surface area contributed by atoms with Crippen molar-refractivity contribution in [2.45, 2.75) is 31.7 Å². The predicted octanol–water partition coefficient (Wildman–Crippen LogP) is 1.33. The first-order valence-electron chi connectivity index (χ1n) is 6.46. The van der Waals surface area contributed by atoms with E-state index in [1.165, 1.54) is 16.7 Å². The zero-order valence-electron chi connectivity index (χ0n) is 11.2. The smallest absolute Gasteiger partial charge is 0.355 e. The van der Waals surface area contributed by atoms with Gasteiger partial charge in [0.25, 0.3) is 5.91 Å². The van der Waals surface area contributed by atoms with Crippen LogP contribution in [-0.4, -0.2) is 37.1 Å². The highest BCUT2D eigenvalue weighted by atomic mass is 32.1. The van der Waals surface area contributed by atoms with Gasteiger partial charge in [0.2, 0.25) is 5.82 Å². The number of hydrogen-bond donors (Lipinski definition) is 3. The van der Waals surface area contributed by atoms with Crippen LogP contribution in [-0.2, 0) is 0 Å². The SMILES string of the molecule is CC(NC(=O)c1n[nH]c(C2CC2)n1)c1nc(C(=O)O)cs1. The van der Waals surface area contributed by atoms with E-state index in [0.717, 1.165) is 18.7 Å². The van der Waals surface area contributed by atoms with E-state index in [4.69, 9.17) is 5.11 Å². The van der Waals surface area contributed by atoms with Gasteiger partial charge in [-0.15, -0.1) is 16.4 Å². The van der Waals surface area contributed by atoms with Crippen molar-refractivity contribution < 1.29 is 14.7 Å². The van der Waals surface area contributed by atoms with E-state index in [-0.39, 0.29) is 11.5 Å². The molecule has 2 aromatic heterocycles. The number of nitrogens with zero attached hydrogens (tertiary/aromatic N) is 3. The molecule has 0 saturated heterocycles. The zero-order chi connectivity index (χ0) is 15.0. The first-order valence-corrected chi connectivity index (χ1v) is 7.34. The number of hydrogen-bond acceptors (Lipinski definition) is 6. The highest BCUT2D eigenvalue weighted by Crippen LogP contribution is 2.37. The van der Waals surface area contributed by atoms with Crippen LogP contribution in [0, 0.1) is 0 Å². The molecular weight excluding hydrogens is 294 g/mol. The van der Waals surface area contributed by atoms with Crippen molar-refractivity contribution in [2.75, 3.05) is 0 Å². The molecule has 0 spiro atoms. The minimum Gasteiger partial charge on any atom is -0.476 e. The Hall–Kier alpha value is -2.29. The molecule has 9 heteroatoms. The van der Waals surface area contributed by atoms with E-state index in [1.54, 1.807) is 6.92 Å². The Morgan fingerprint density at radius 3 is 2.86 bits per heavy atom. The van der Waals surface area contributed by atoms with Gasteiger partial charge in [-0.05, 0) is 19.8 Å². The van der Waals surface area contributed by atoms with Crippen LogP contribution in [0.3, 0.4) is 0 Å². The minimum absolute atomic E-state index is 0.0231. The van der Waals surface area contributed by atoms with E-state index >= 15 is 0 Å². The molecule has 0 aromatic carbocycles. The van der Waals surface area contributed by atoms with Crippen LogP contribution in [0.2, 0.25) is 0 Å². The predicted molar refractivity (Wildman–Crippen MR) is 73.3 cm³/mol. The van der Waals surface area contributed by atoms with Gasteiger partial charge in [-0.25, -0.2) is 14.8 Å². The molecule has 1 aliphatic rings. The molecule has 1 fully saturated rings. The lowest BCUT2D eigenvalue weighted by Gasteiger charge is -2.08. The molecule has 2 aromatic rings. The van der Waals surface area contributed by atoms with Crippen molar-refractivity contribution in [1.82, 2.24) is 25.5 Å². The molecule has 0 aliphatic heterocycles. The van der Waals surface area contributed by atoms with E-state index in [2.05, 4.69) is 25.5 Å². The molecule has 8 nitrogen and oxygen atoms in total. The molecule has 1 saturated carbocycles. The van der Waals surface area contributed by atoms with Gasteiger partial charge in [-0.1, -0.05) is 0 Å². The molecule has 1 atom stereocenters. The van der Waals surface area contributed by atoms with Crippen molar-refractivity contribution >= 4 is 23.2 Å². The minimum atomic E-state index is -1.08. The van der Waals surface area contributed by atoms with Crippen LogP contribution in [0.1, 0.15) is 63.7 Å². The van der Waals surface area contributed by atoms with Crippen molar-refractivity contribution in [2.24, 2.45) is 0 Å². The third-order valence-electron chi connectivity index (χ3n) is 3.13. The average Bonchev–Trinajstić information content (AvgIpc) is 3.00. The second kappa shape index (κ2) is 5.24. The summed E-state index contributed by atoms with van der Waals surface area (Å²) in [7, 11) is 0. The number of carbonyl (C=O) groups excluding carboxylic acids is 1. The fourth-order valence-corrected chi connectivity index (χ4v) is 2.62. The molecule has 3 N–H and O–H groups in total. The van der Waals surface area contributed by atoms with Gasteiger partial charge >= 0.3 is 5.97 Å². The maximum absolute atomic E-state index is 12.0. The Morgan fingerprint density at radius 1 is 1.48 bits per heavy atom. The molecule has 1 amide bonds. The summed E-state index contributed by atoms with van der Waals surface area (Å²) in [6.07, 6.45) is 2.15. The Labute approximate surface area is 123 Å². The lowest BCUT2D eigenvalue weighted by Crippen LogP contribution is -2.27. The number of thiazole rings is 1. The second-order valence-electron chi connectivity index (χ2n) is 4.89. The Bertz CT molecular complexity index is 691. The van der Waals surface area contributed by atoms with Gasteiger partial charge in [-0.2, -0.15) is 0 Å². The van der Waals surface area contributed by atoms with Crippen molar-refractivity contribution in [3.63, 3.8) is 0 Å². The van der Waals surface area contributed by atoms with E-state index < -0.39 is 17.9 Å². The molecule has 1 unspecified atom stereocenters. The second-order valence-corrected chi connectivity index (χ2v) is 5.78.